The van der Waals surface area contributed by atoms with Gasteiger partial charge in [-0.3, -0.25) is 4.55 Å². The summed E-state index contributed by atoms with van der Waals surface area (Å²) in [6.07, 6.45) is 12.4. The van der Waals surface area contributed by atoms with Gasteiger partial charge in [-0.15, -0.1) is 0 Å². The first-order valence-electron chi connectivity index (χ1n) is 12.3. The molecule has 0 unspecified atom stereocenters. The molecule has 9 heteroatoms. The van der Waals surface area contributed by atoms with Crippen molar-refractivity contribution in [2.45, 2.75) is 76.0 Å². The van der Waals surface area contributed by atoms with Gasteiger partial charge in [0.15, 0.2) is 11.5 Å². The Morgan fingerprint density at radius 3 is 2.09 bits per heavy atom. The predicted octanol–water partition coefficient (Wildman–Crippen LogP) is 4.77. The molecule has 0 aliphatic heterocycles. The van der Waals surface area contributed by atoms with Gasteiger partial charge in [0, 0.05) is 6.07 Å². The second-order valence-corrected chi connectivity index (χ2v) is 10.3. The Bertz CT molecular complexity index is 1030. The van der Waals surface area contributed by atoms with Gasteiger partial charge in [0.1, 0.15) is 0 Å². The van der Waals surface area contributed by atoms with Crippen molar-refractivity contribution < 1.29 is 53.4 Å². The minimum absolute atomic E-state index is 0. The molecule has 0 saturated heterocycles. The number of benzene rings is 2. The molecule has 1 aliphatic rings. The van der Waals surface area contributed by atoms with E-state index in [1.807, 2.05) is 18.2 Å². The van der Waals surface area contributed by atoms with Crippen molar-refractivity contribution in [3.63, 3.8) is 0 Å². The Balaban J connectivity index is 0.00000324. The maximum atomic E-state index is 11.2. The molecule has 188 valence electrons. The molecule has 1 aliphatic carbocycles. The topological polar surface area (TPSA) is 97.6 Å². The smallest absolute Gasteiger partial charge is 1.00 e. The molecule has 3 rings (SSSR count). The average Bonchev–Trinajstić information content (AvgIpc) is 3.65. The Hall–Kier alpha value is -1.45. The number of unbranched alkanes of at least 4 members (excludes halogenated alkanes) is 7. The molecule has 7 nitrogen and oxygen atoms in total. The van der Waals surface area contributed by atoms with Crippen LogP contribution >= 0.6 is 0 Å². The normalized spacial score (nSPS) is 13.5. The zero-order valence-corrected chi connectivity index (χ0v) is 23.8. The van der Waals surface area contributed by atoms with Crippen LogP contribution in [0.4, 0.5) is 11.4 Å². The van der Waals surface area contributed by atoms with Crippen LogP contribution in [-0.2, 0) is 10.1 Å². The number of ether oxygens (including phenoxy) is 2. The number of rotatable bonds is 16. The average molecular weight is 513 g/mol. The zero-order chi connectivity index (χ0) is 24.2. The SMILES string of the molecule is CCCCCCCCCCOc1cc(N=Nc2ccc(S(=O)(=O)O)cc2)ccc1OCC1CC1.[H-].[Na+]. The van der Waals surface area contributed by atoms with E-state index in [4.69, 9.17) is 14.0 Å². The van der Waals surface area contributed by atoms with Gasteiger partial charge >= 0.3 is 29.6 Å². The molecule has 1 N–H and O–H groups in total. The molecule has 2 aromatic rings. The van der Waals surface area contributed by atoms with Gasteiger partial charge in [0.25, 0.3) is 10.1 Å². The van der Waals surface area contributed by atoms with Crippen LogP contribution in [0, 0.1) is 5.92 Å². The van der Waals surface area contributed by atoms with Crippen LogP contribution in [0.2, 0.25) is 0 Å². The van der Waals surface area contributed by atoms with Crippen molar-refractivity contribution in [3.8, 4) is 11.5 Å². The Kier molecular flexibility index (Phi) is 13.3. The number of azo groups is 1. The van der Waals surface area contributed by atoms with Crippen molar-refractivity contribution >= 4 is 21.5 Å². The summed E-state index contributed by atoms with van der Waals surface area (Å²) in [6.45, 7) is 3.57. The van der Waals surface area contributed by atoms with Crippen LogP contribution in [0.1, 0.15) is 72.6 Å². The van der Waals surface area contributed by atoms with Crippen LogP contribution in [0.3, 0.4) is 0 Å². The van der Waals surface area contributed by atoms with E-state index in [2.05, 4.69) is 17.2 Å². The van der Waals surface area contributed by atoms with E-state index in [1.54, 1.807) is 0 Å². The molecule has 35 heavy (non-hydrogen) atoms. The zero-order valence-electron chi connectivity index (χ0n) is 22.0. The molecule has 1 fully saturated rings. The molecule has 0 aromatic heterocycles. The molecule has 0 amide bonds. The second kappa shape index (κ2) is 15.6. The molecule has 0 bridgehead atoms. The molecular formula is C26H37N2NaO5S. The minimum atomic E-state index is -4.23. The van der Waals surface area contributed by atoms with E-state index < -0.39 is 10.1 Å². The molecule has 0 radical (unpaired) electrons. The predicted molar refractivity (Wildman–Crippen MR) is 134 cm³/mol. The maximum absolute atomic E-state index is 11.2. The number of nitrogens with zero attached hydrogens (tertiary/aromatic N) is 2. The Labute approximate surface area is 233 Å². The van der Waals surface area contributed by atoms with Gasteiger partial charge in [-0.2, -0.15) is 18.6 Å². The molecule has 2 aromatic carbocycles. The van der Waals surface area contributed by atoms with Gasteiger partial charge in [0.05, 0.1) is 29.5 Å². The fourth-order valence-electron chi connectivity index (χ4n) is 3.50. The number of hydrogen-bond donors (Lipinski definition) is 1. The van der Waals surface area contributed by atoms with Gasteiger partial charge in [-0.25, -0.2) is 0 Å². The standard InChI is InChI=1S/C26H36N2O5S.Na.H/c1-2-3-4-5-6-7-8-9-18-32-26-19-23(14-17-25(26)33-20-21-10-11-21)28-27-22-12-15-24(16-13-22)34(29,30)31;;/h12-17,19,21H,2-11,18,20H2,1H3,(H,29,30,31);;/q;+1;-1. The van der Waals surface area contributed by atoms with E-state index in [1.165, 1.54) is 75.6 Å². The summed E-state index contributed by atoms with van der Waals surface area (Å²) in [7, 11) is -4.23. The first kappa shape index (κ1) is 29.8. The Morgan fingerprint density at radius 2 is 1.46 bits per heavy atom. The van der Waals surface area contributed by atoms with E-state index in [-0.39, 0.29) is 35.9 Å². The summed E-state index contributed by atoms with van der Waals surface area (Å²) in [5, 5.41) is 8.41. The van der Waals surface area contributed by atoms with Crippen molar-refractivity contribution in [2.24, 2.45) is 16.1 Å². The summed E-state index contributed by atoms with van der Waals surface area (Å²) in [5.74, 6) is 2.04. The molecular weight excluding hydrogens is 475 g/mol. The van der Waals surface area contributed by atoms with Crippen molar-refractivity contribution in [1.29, 1.82) is 0 Å². The van der Waals surface area contributed by atoms with Crippen molar-refractivity contribution in [1.82, 2.24) is 0 Å². The van der Waals surface area contributed by atoms with Crippen molar-refractivity contribution in [2.75, 3.05) is 13.2 Å². The summed E-state index contributed by atoms with van der Waals surface area (Å²) in [6, 6.07) is 11.1. The molecule has 0 spiro atoms. The fraction of sp³-hybridized carbons (Fsp3) is 0.538. The van der Waals surface area contributed by atoms with Crippen LogP contribution in [0.5, 0.6) is 11.5 Å². The minimum Gasteiger partial charge on any atom is -1.00 e. The third kappa shape index (κ3) is 11.4. The first-order chi connectivity index (χ1) is 16.5. The van der Waals surface area contributed by atoms with Crippen LogP contribution in [0.25, 0.3) is 0 Å². The van der Waals surface area contributed by atoms with Gasteiger partial charge in [-0.05, 0) is 61.6 Å². The monoisotopic (exact) mass is 512 g/mol. The Morgan fingerprint density at radius 1 is 0.857 bits per heavy atom. The summed E-state index contributed by atoms with van der Waals surface area (Å²) in [5.41, 5.74) is 1.09. The van der Waals surface area contributed by atoms with E-state index >= 15 is 0 Å². The van der Waals surface area contributed by atoms with E-state index in [0.717, 1.165) is 18.6 Å². The summed E-state index contributed by atoms with van der Waals surface area (Å²) in [4.78, 5) is -0.180. The fourth-order valence-corrected chi connectivity index (χ4v) is 3.98. The number of hydrogen-bond acceptors (Lipinski definition) is 6. The molecule has 0 atom stereocenters. The summed E-state index contributed by atoms with van der Waals surface area (Å²) >= 11 is 0. The van der Waals surface area contributed by atoms with Gasteiger partial charge < -0.3 is 10.9 Å². The van der Waals surface area contributed by atoms with Gasteiger partial charge in [0.2, 0.25) is 0 Å². The quantitative estimate of drug-likeness (QED) is 0.151. The third-order valence-corrected chi connectivity index (χ3v) is 6.64. The maximum Gasteiger partial charge on any atom is 1.00 e. The first-order valence-corrected chi connectivity index (χ1v) is 13.8. The van der Waals surface area contributed by atoms with E-state index in [9.17, 15) is 8.42 Å². The third-order valence-electron chi connectivity index (χ3n) is 5.77. The van der Waals surface area contributed by atoms with Crippen molar-refractivity contribution in [3.05, 3.63) is 42.5 Å². The van der Waals surface area contributed by atoms with Crippen LogP contribution < -0.4 is 39.0 Å². The van der Waals surface area contributed by atoms with Gasteiger partial charge in [-0.1, -0.05) is 51.9 Å². The van der Waals surface area contributed by atoms with Crippen LogP contribution in [0.15, 0.2) is 57.6 Å². The van der Waals surface area contributed by atoms with Crippen LogP contribution in [-0.4, -0.2) is 26.2 Å². The summed E-state index contributed by atoms with van der Waals surface area (Å²) < 4.78 is 43.5. The second-order valence-electron chi connectivity index (χ2n) is 8.88. The molecule has 1 saturated carbocycles. The van der Waals surface area contributed by atoms with E-state index in [0.29, 0.717) is 36.3 Å². The molecule has 0 heterocycles. The largest absolute Gasteiger partial charge is 1.00 e.